The number of alkyl carbamates (subject to hydrolysis) is 3. The Morgan fingerprint density at radius 3 is 0.966 bits per heavy atom. The van der Waals surface area contributed by atoms with Gasteiger partial charge in [-0.05, 0) is 129 Å². The molecule has 0 aliphatic heterocycles. The summed E-state index contributed by atoms with van der Waals surface area (Å²) in [4.78, 5) is 134. The molecule has 3 rings (SSSR count). The number of ether oxygens (including phenoxy) is 5. The average Bonchev–Trinajstić information content (AvgIpc) is 2.04. The summed E-state index contributed by atoms with van der Waals surface area (Å²) in [5.41, 5.74) is 7.49. The van der Waals surface area contributed by atoms with Crippen LogP contribution in [0.15, 0.2) is 91.0 Å². The summed E-state index contributed by atoms with van der Waals surface area (Å²) in [5.74, 6) is -3.72. The highest BCUT2D eigenvalue weighted by Crippen LogP contribution is 2.54. The van der Waals surface area contributed by atoms with E-state index in [0.29, 0.717) is 6.16 Å². The Morgan fingerprint density at radius 2 is 0.716 bits per heavy atom. The molecule has 0 unspecified atom stereocenters. The fourth-order valence-corrected chi connectivity index (χ4v) is 21.6. The van der Waals surface area contributed by atoms with E-state index in [2.05, 4.69) is 95.4 Å². The van der Waals surface area contributed by atoms with Crippen molar-refractivity contribution in [1.82, 2.24) is 16.0 Å². The molecule has 0 aromatic heterocycles. The molecule has 0 radical (unpaired) electrons. The first-order chi connectivity index (χ1) is 38.6. The van der Waals surface area contributed by atoms with Crippen LogP contribution in [0.25, 0.3) is 0 Å². The zero-order valence-corrected chi connectivity index (χ0v) is 56.4. The second-order valence-corrected chi connectivity index (χ2v) is 43.5. The van der Waals surface area contributed by atoms with Crippen LogP contribution in [0.5, 0.6) is 0 Å². The van der Waals surface area contributed by atoms with Crippen LogP contribution in [-0.2, 0) is 118 Å². The first-order valence-corrected chi connectivity index (χ1v) is 43.4. The fourth-order valence-electron chi connectivity index (χ4n) is 6.02. The SMILES string of the molecule is C.C.C.C.COC(=O)[C@H](CCP(=S)(O[Si](C)(C)C)O[Si](C)(C)C)NC(=O)OCc1ccccc1.COC(=O)[C@H](CCP(O)(O)=S)NC(=O)OCc1ccccc1.N[C@@H](CCP(O)(O)=S)C(=O)O.O=C(N[C@@H](CCP(O)(O)=S)C(=O)O)OCc1ccccc1. The van der Waals surface area contributed by atoms with Gasteiger partial charge in [0.05, 0.1) is 14.2 Å². The molecule has 26 nitrogen and oxygen atoms in total. The number of hydrogen-bond donors (Lipinski definition) is 12. The molecule has 0 saturated carbocycles. The van der Waals surface area contributed by atoms with Gasteiger partial charge in [-0.1, -0.05) is 121 Å². The zero-order valence-electron chi connectivity index (χ0n) is 47.5. The molecule has 88 heavy (non-hydrogen) atoms. The van der Waals surface area contributed by atoms with Gasteiger partial charge < -0.3 is 93.4 Å². The number of carbonyl (C=O) groups excluding carboxylic acids is 5. The summed E-state index contributed by atoms with van der Waals surface area (Å²) < 4.78 is 37.0. The molecule has 13 N–H and O–H groups in total. The van der Waals surface area contributed by atoms with Crippen molar-refractivity contribution in [3.8, 4) is 0 Å². The minimum atomic E-state index is -3.49. The van der Waals surface area contributed by atoms with Gasteiger partial charge in [-0.3, -0.25) is 4.79 Å². The first-order valence-electron chi connectivity index (χ1n) is 25.1. The minimum absolute atomic E-state index is 0. The van der Waals surface area contributed by atoms with E-state index in [0.717, 1.165) is 16.7 Å². The lowest BCUT2D eigenvalue weighted by Gasteiger charge is -2.34. The average molecular weight is 1440 g/mol. The number of benzene rings is 3. The number of esters is 2. The molecule has 4 atom stereocenters. The third-order valence-electron chi connectivity index (χ3n) is 9.77. The third-order valence-corrected chi connectivity index (χ3v) is 23.2. The number of aliphatic carboxylic acids is 2. The fraction of sp³-hybridized carbons (Fsp3) is 0.519. The third kappa shape index (κ3) is 50.7. The molecule has 506 valence electrons. The second kappa shape index (κ2) is 46.1. The molecule has 3 amide bonds. The maximum absolute atomic E-state index is 12.2. The normalized spacial score (nSPS) is 12.4. The van der Waals surface area contributed by atoms with Crippen molar-refractivity contribution < 1.29 is 105 Å². The van der Waals surface area contributed by atoms with Crippen LogP contribution in [0, 0.1) is 0 Å². The maximum atomic E-state index is 12.2. The molecule has 0 aliphatic carbocycles. The number of amides is 3. The van der Waals surface area contributed by atoms with E-state index < -0.39 is 109 Å². The van der Waals surface area contributed by atoms with Gasteiger partial charge in [0.25, 0.3) is 0 Å². The van der Waals surface area contributed by atoms with E-state index in [1.165, 1.54) is 14.2 Å². The Kier molecular flexibility index (Phi) is 48.6. The van der Waals surface area contributed by atoms with Crippen LogP contribution < -0.4 is 21.7 Å². The van der Waals surface area contributed by atoms with Gasteiger partial charge in [0.15, 0.2) is 42.6 Å². The largest absolute Gasteiger partial charge is 0.480 e. The van der Waals surface area contributed by atoms with Crippen LogP contribution in [0.3, 0.4) is 0 Å². The molecular weight excluding hydrogens is 1340 g/mol. The lowest BCUT2D eigenvalue weighted by atomic mass is 10.2. The monoisotopic (exact) mass is 1430 g/mol. The molecular formula is C52H94N4O22P4S4Si2. The smallest absolute Gasteiger partial charge is 0.408 e. The van der Waals surface area contributed by atoms with Gasteiger partial charge in [0, 0.05) is 24.6 Å². The lowest BCUT2D eigenvalue weighted by Crippen LogP contribution is -2.42. The quantitative estimate of drug-likeness (QED) is 0.0134. The number of carbonyl (C=O) groups is 7. The molecule has 0 fully saturated rings. The molecule has 0 bridgehead atoms. The number of hydrogen-bond acceptors (Lipinski definition) is 19. The van der Waals surface area contributed by atoms with E-state index >= 15 is 0 Å². The number of rotatable bonds is 29. The van der Waals surface area contributed by atoms with Crippen LogP contribution in [0.2, 0.25) is 39.3 Å². The van der Waals surface area contributed by atoms with Crippen LogP contribution in [-0.4, -0.2) is 161 Å². The Morgan fingerprint density at radius 1 is 0.455 bits per heavy atom. The number of carboxylic acid groups (broad SMARTS) is 2. The van der Waals surface area contributed by atoms with Gasteiger partial charge in [0.2, 0.25) is 0 Å². The van der Waals surface area contributed by atoms with E-state index in [-0.39, 0.29) is 93.7 Å². The highest BCUT2D eigenvalue weighted by Gasteiger charge is 2.35. The van der Waals surface area contributed by atoms with Gasteiger partial charge in [0.1, 0.15) is 44.0 Å². The van der Waals surface area contributed by atoms with Crippen LogP contribution in [0.1, 0.15) is 72.1 Å². The Labute approximate surface area is 540 Å². The molecule has 0 saturated heterocycles. The Bertz CT molecular complexity index is 2710. The van der Waals surface area contributed by atoms with Gasteiger partial charge in [-0.25, -0.2) is 28.8 Å². The molecule has 0 spiro atoms. The topological polar surface area (TPSA) is 408 Å². The summed E-state index contributed by atoms with van der Waals surface area (Å²) in [7, 11) is -1.49. The lowest BCUT2D eigenvalue weighted by molar-refractivity contribution is -0.143. The predicted molar refractivity (Wildman–Crippen MR) is 362 cm³/mol. The summed E-state index contributed by atoms with van der Waals surface area (Å²) in [6.45, 7) is -0.319. The van der Waals surface area contributed by atoms with Crippen LogP contribution >= 0.6 is 26.0 Å². The van der Waals surface area contributed by atoms with Gasteiger partial charge >= 0.3 is 42.2 Å². The number of methoxy groups -OCH3 is 2. The summed E-state index contributed by atoms with van der Waals surface area (Å²) in [5, 5.41) is 24.3. The van der Waals surface area contributed by atoms with E-state index in [9.17, 15) is 43.3 Å². The first kappa shape index (κ1) is 92.7. The Balaban J connectivity index is -0.000000358. The van der Waals surface area contributed by atoms with Crippen molar-refractivity contribution in [2.24, 2.45) is 5.73 Å². The number of nitrogens with two attached hydrogens (primary N) is 1. The highest BCUT2D eigenvalue weighted by atomic mass is 32.5. The molecule has 0 aliphatic rings. The molecule has 0 heterocycles. The summed E-state index contributed by atoms with van der Waals surface area (Å²) >= 11 is 19.0. The standard InChI is InChI=1S/C19H34NO6PSSi2.C13H18NO6PS.C12H16NO6PS.C4H10NO4PS.4CH4/c1-23-18(21)17(20-19(22)24-15-16-11-9-8-10-12-16)13-14-27(28,25-29(2,3)4)26-30(5,6)7;1-19-12(15)11(7-8-21(17,18)22)14-13(16)20-9-10-5-3-2-4-6-10;14-11(15)10(6-7-20(17,18)21)13-12(16)19-8-9-4-2-1-3-5-9;5-3(4(6)7)1-2-10(8,9)11;;;;/h8-12,17H,13-15H2,1-7H3,(H,20,22);2-6,11H,7-9H2,1H3,(H,14,16)(H2,17,18,22);1-5,10H,6-8H2,(H,13,16)(H,14,15)(H2,17,18,21);3H,1-2,5H2,(H,6,7)(H2,8,9,11);4*1H4/t17-;11-;10-;3-;;;;/m0000..../s1. The maximum Gasteiger partial charge on any atom is 0.408 e. The summed E-state index contributed by atoms with van der Waals surface area (Å²) in [6, 6.07) is 23.0. The van der Waals surface area contributed by atoms with Crippen molar-refractivity contribution in [2.45, 2.75) is 139 Å². The minimum Gasteiger partial charge on any atom is -0.480 e. The number of nitrogens with one attached hydrogen (secondary N) is 3. The van der Waals surface area contributed by atoms with Crippen molar-refractivity contribution in [3.05, 3.63) is 108 Å². The predicted octanol–water partition coefficient (Wildman–Crippen LogP) is 8.67. The van der Waals surface area contributed by atoms with Crippen molar-refractivity contribution in [2.75, 3.05) is 38.9 Å². The molecule has 3 aromatic carbocycles. The van der Waals surface area contributed by atoms with E-state index in [4.69, 9.17) is 74.7 Å². The van der Waals surface area contributed by atoms with Crippen molar-refractivity contribution in [1.29, 1.82) is 0 Å². The number of carboxylic acids is 2. The molecule has 3 aromatic rings. The Hall–Kier alpha value is -3.98. The van der Waals surface area contributed by atoms with Crippen LogP contribution in [0.4, 0.5) is 14.4 Å². The second-order valence-electron chi connectivity index (χ2n) is 19.7. The van der Waals surface area contributed by atoms with E-state index in [1.807, 2.05) is 54.6 Å². The van der Waals surface area contributed by atoms with Crippen molar-refractivity contribution >= 4 is 132 Å². The van der Waals surface area contributed by atoms with E-state index in [1.54, 1.807) is 36.4 Å². The highest BCUT2D eigenvalue weighted by molar-refractivity contribution is 8.11. The van der Waals surface area contributed by atoms with Gasteiger partial charge in [-0.15, -0.1) is 0 Å². The van der Waals surface area contributed by atoms with Crippen molar-refractivity contribution in [3.63, 3.8) is 0 Å². The zero-order chi connectivity index (χ0) is 64.5. The van der Waals surface area contributed by atoms with Gasteiger partial charge in [-0.2, -0.15) is 0 Å². The summed E-state index contributed by atoms with van der Waals surface area (Å²) in [6.07, 6.45) is -2.57. The molecule has 36 heteroatoms.